The van der Waals surface area contributed by atoms with E-state index >= 15 is 0 Å². The van der Waals surface area contributed by atoms with Crippen molar-refractivity contribution >= 4 is 39.1 Å². The first-order chi connectivity index (χ1) is 12.1. The van der Waals surface area contributed by atoms with Crippen LogP contribution in [0.2, 0.25) is 5.02 Å². The van der Waals surface area contributed by atoms with Crippen LogP contribution >= 0.6 is 22.9 Å². The third-order valence-corrected chi connectivity index (χ3v) is 5.74. The zero-order valence-corrected chi connectivity index (χ0v) is 14.9. The summed E-state index contributed by atoms with van der Waals surface area (Å²) >= 11 is 7.40. The van der Waals surface area contributed by atoms with Crippen molar-refractivity contribution in [1.82, 2.24) is 9.55 Å². The lowest BCUT2D eigenvalue weighted by Crippen LogP contribution is -2.27. The average Bonchev–Trinajstić information content (AvgIpc) is 2.99. The molecule has 0 unspecified atom stereocenters. The molecule has 0 N–H and O–H groups in total. The highest BCUT2D eigenvalue weighted by atomic mass is 35.5. The molecule has 3 aromatic rings. The predicted octanol–water partition coefficient (Wildman–Crippen LogP) is 3.60. The highest BCUT2D eigenvalue weighted by molar-refractivity contribution is 7.18. The first-order valence-corrected chi connectivity index (χ1v) is 9.27. The van der Waals surface area contributed by atoms with Crippen molar-refractivity contribution in [2.45, 2.75) is 32.2 Å². The molecule has 0 bridgehead atoms. The molecule has 1 aromatic carbocycles. The standard InChI is InChI=1S/C18H15ClN2O3S/c19-11-5-7-12(8-6-11)24-15(22)9-21-10-20-17-16(18(21)23)13-3-1-2-4-14(13)25-17/h5-8,10H,1-4,9H2. The molecule has 0 radical (unpaired) electrons. The van der Waals surface area contributed by atoms with Gasteiger partial charge in [0.25, 0.3) is 5.56 Å². The lowest BCUT2D eigenvalue weighted by Gasteiger charge is -2.10. The Bertz CT molecular complexity index is 1010. The predicted molar refractivity (Wildman–Crippen MR) is 97.6 cm³/mol. The van der Waals surface area contributed by atoms with Crippen LogP contribution in [0.4, 0.5) is 0 Å². The lowest BCUT2D eigenvalue weighted by molar-refractivity contribution is -0.135. The maximum absolute atomic E-state index is 12.8. The van der Waals surface area contributed by atoms with E-state index < -0.39 is 5.97 Å². The van der Waals surface area contributed by atoms with E-state index in [9.17, 15) is 9.59 Å². The number of fused-ring (bicyclic) bond motifs is 3. The largest absolute Gasteiger partial charge is 0.425 e. The fourth-order valence-electron chi connectivity index (χ4n) is 3.10. The van der Waals surface area contributed by atoms with Crippen LogP contribution in [-0.4, -0.2) is 15.5 Å². The summed E-state index contributed by atoms with van der Waals surface area (Å²) in [6.45, 7) is -0.172. The normalized spacial score (nSPS) is 13.6. The second-order valence-corrected chi connectivity index (χ2v) is 7.52. The van der Waals surface area contributed by atoms with Gasteiger partial charge in [0, 0.05) is 9.90 Å². The zero-order valence-electron chi connectivity index (χ0n) is 13.3. The van der Waals surface area contributed by atoms with Gasteiger partial charge in [-0.1, -0.05) is 11.6 Å². The molecule has 5 nitrogen and oxygen atoms in total. The molecule has 0 saturated carbocycles. The molecular weight excluding hydrogens is 360 g/mol. The molecule has 0 atom stereocenters. The summed E-state index contributed by atoms with van der Waals surface area (Å²) in [5.74, 6) is -0.126. The molecule has 2 heterocycles. The van der Waals surface area contributed by atoms with E-state index in [1.807, 2.05) is 0 Å². The van der Waals surface area contributed by atoms with Crippen molar-refractivity contribution in [3.63, 3.8) is 0 Å². The minimum Gasteiger partial charge on any atom is -0.425 e. The second kappa shape index (κ2) is 6.61. The zero-order chi connectivity index (χ0) is 17.4. The van der Waals surface area contributed by atoms with E-state index in [1.165, 1.54) is 15.8 Å². The van der Waals surface area contributed by atoms with Crippen LogP contribution in [0.1, 0.15) is 23.3 Å². The van der Waals surface area contributed by atoms with Crippen molar-refractivity contribution < 1.29 is 9.53 Å². The summed E-state index contributed by atoms with van der Waals surface area (Å²) in [6, 6.07) is 6.50. The summed E-state index contributed by atoms with van der Waals surface area (Å²) < 4.78 is 6.57. The van der Waals surface area contributed by atoms with Crippen molar-refractivity contribution in [1.29, 1.82) is 0 Å². The van der Waals surface area contributed by atoms with Gasteiger partial charge in [0.05, 0.1) is 11.7 Å². The van der Waals surface area contributed by atoms with Gasteiger partial charge in [0.2, 0.25) is 0 Å². The molecule has 128 valence electrons. The molecule has 0 amide bonds. The molecule has 0 saturated heterocycles. The van der Waals surface area contributed by atoms with Gasteiger partial charge in [-0.3, -0.25) is 9.36 Å². The average molecular weight is 375 g/mol. The number of benzene rings is 1. The number of ether oxygens (including phenoxy) is 1. The van der Waals surface area contributed by atoms with E-state index in [2.05, 4.69) is 4.98 Å². The van der Waals surface area contributed by atoms with E-state index in [1.54, 1.807) is 35.6 Å². The summed E-state index contributed by atoms with van der Waals surface area (Å²) in [6.07, 6.45) is 5.59. The Labute approximate surface area is 152 Å². The minimum absolute atomic E-state index is 0.169. The fraction of sp³-hybridized carbons (Fsp3) is 0.278. The summed E-state index contributed by atoms with van der Waals surface area (Å²) in [4.78, 5) is 31.3. The number of aromatic nitrogens is 2. The van der Waals surface area contributed by atoms with Gasteiger partial charge in [0.15, 0.2) is 0 Å². The SMILES string of the molecule is O=C(Cn1cnc2sc3c(c2c1=O)CCCC3)Oc1ccc(Cl)cc1. The second-order valence-electron chi connectivity index (χ2n) is 6.00. The molecule has 2 aromatic heterocycles. The van der Waals surface area contributed by atoms with Crippen molar-refractivity contribution in [2.75, 3.05) is 0 Å². The maximum atomic E-state index is 12.8. The van der Waals surface area contributed by atoms with Crippen LogP contribution in [-0.2, 0) is 24.2 Å². The summed E-state index contributed by atoms with van der Waals surface area (Å²) in [5.41, 5.74) is 0.946. The van der Waals surface area contributed by atoms with Gasteiger partial charge in [-0.2, -0.15) is 0 Å². The fourth-order valence-corrected chi connectivity index (χ4v) is 4.44. The number of aryl methyl sites for hydroxylation is 2. The summed E-state index contributed by atoms with van der Waals surface area (Å²) in [5, 5.41) is 1.23. The number of rotatable bonds is 3. The third-order valence-electron chi connectivity index (χ3n) is 4.29. The van der Waals surface area contributed by atoms with Crippen LogP contribution < -0.4 is 10.3 Å². The number of nitrogens with zero attached hydrogens (tertiary/aromatic N) is 2. The molecule has 0 spiro atoms. The molecule has 7 heteroatoms. The van der Waals surface area contributed by atoms with E-state index in [-0.39, 0.29) is 12.1 Å². The van der Waals surface area contributed by atoms with Gasteiger partial charge in [-0.25, -0.2) is 9.78 Å². The number of hydrogen-bond donors (Lipinski definition) is 0. The first-order valence-electron chi connectivity index (χ1n) is 8.08. The third kappa shape index (κ3) is 3.19. The highest BCUT2D eigenvalue weighted by Gasteiger charge is 2.20. The van der Waals surface area contributed by atoms with Crippen molar-refractivity contribution in [2.24, 2.45) is 0 Å². The summed E-state index contributed by atoms with van der Waals surface area (Å²) in [7, 11) is 0. The molecule has 25 heavy (non-hydrogen) atoms. The number of carbonyl (C=O) groups is 1. The maximum Gasteiger partial charge on any atom is 0.331 e. The van der Waals surface area contributed by atoms with E-state index in [0.717, 1.165) is 36.1 Å². The van der Waals surface area contributed by atoms with E-state index in [4.69, 9.17) is 16.3 Å². The van der Waals surface area contributed by atoms with Gasteiger partial charge < -0.3 is 4.74 Å². The first kappa shape index (κ1) is 16.3. The van der Waals surface area contributed by atoms with Crippen LogP contribution in [0.15, 0.2) is 35.4 Å². The van der Waals surface area contributed by atoms with Gasteiger partial charge in [-0.05, 0) is 55.5 Å². The Kier molecular flexibility index (Phi) is 4.31. The number of carbonyl (C=O) groups excluding carboxylic acids is 1. The Hall–Kier alpha value is -2.18. The molecule has 0 fully saturated rings. The monoisotopic (exact) mass is 374 g/mol. The number of esters is 1. The van der Waals surface area contributed by atoms with Crippen molar-refractivity contribution in [3.05, 3.63) is 56.4 Å². The Balaban J connectivity index is 1.61. The Morgan fingerprint density at radius 2 is 2.00 bits per heavy atom. The highest BCUT2D eigenvalue weighted by Crippen LogP contribution is 2.33. The number of thiophene rings is 1. The number of hydrogen-bond acceptors (Lipinski definition) is 5. The van der Waals surface area contributed by atoms with Crippen LogP contribution in [0, 0.1) is 0 Å². The molecule has 1 aliphatic rings. The topological polar surface area (TPSA) is 61.2 Å². The number of halogens is 1. The van der Waals surface area contributed by atoms with Gasteiger partial charge >= 0.3 is 5.97 Å². The molecule has 1 aliphatic carbocycles. The lowest BCUT2D eigenvalue weighted by atomic mass is 9.97. The van der Waals surface area contributed by atoms with Gasteiger partial charge in [-0.15, -0.1) is 11.3 Å². The van der Waals surface area contributed by atoms with Crippen LogP contribution in [0.3, 0.4) is 0 Å². The quantitative estimate of drug-likeness (QED) is 0.519. The van der Waals surface area contributed by atoms with E-state index in [0.29, 0.717) is 16.2 Å². The minimum atomic E-state index is -0.519. The van der Waals surface area contributed by atoms with Crippen LogP contribution in [0.25, 0.3) is 10.2 Å². The Morgan fingerprint density at radius 3 is 2.80 bits per heavy atom. The van der Waals surface area contributed by atoms with Crippen LogP contribution in [0.5, 0.6) is 5.75 Å². The van der Waals surface area contributed by atoms with Gasteiger partial charge in [0.1, 0.15) is 17.1 Å². The molecule has 4 rings (SSSR count). The Morgan fingerprint density at radius 1 is 1.24 bits per heavy atom. The van der Waals surface area contributed by atoms with Crippen molar-refractivity contribution in [3.8, 4) is 5.75 Å². The molecular formula is C18H15ClN2O3S. The molecule has 0 aliphatic heterocycles. The smallest absolute Gasteiger partial charge is 0.331 e.